The van der Waals surface area contributed by atoms with E-state index in [0.29, 0.717) is 0 Å². The molecule has 3 aromatic rings. The summed E-state index contributed by atoms with van der Waals surface area (Å²) in [5.74, 6) is 0.932. The molecule has 0 amide bonds. The number of hydrogen-bond acceptors (Lipinski definition) is 6. The van der Waals surface area contributed by atoms with Gasteiger partial charge in [-0.05, 0) is 20.0 Å². The van der Waals surface area contributed by atoms with Gasteiger partial charge in [-0.2, -0.15) is 0 Å². The second-order valence-corrected chi connectivity index (χ2v) is 6.84. The summed E-state index contributed by atoms with van der Waals surface area (Å²) in [6.45, 7) is 6.16. The van der Waals surface area contributed by atoms with E-state index in [2.05, 4.69) is 45.4 Å². The molecule has 114 valence electrons. The van der Waals surface area contributed by atoms with Crippen LogP contribution in [-0.2, 0) is 0 Å². The van der Waals surface area contributed by atoms with Crippen LogP contribution in [0, 0.1) is 6.92 Å². The van der Waals surface area contributed by atoms with Crippen molar-refractivity contribution >= 4 is 22.8 Å². The van der Waals surface area contributed by atoms with Crippen LogP contribution in [0.15, 0.2) is 24.0 Å². The number of piperazine rings is 1. The smallest absolute Gasteiger partial charge is 0.204 e. The lowest BCUT2D eigenvalue weighted by Crippen LogP contribution is -2.45. The Morgan fingerprint density at radius 2 is 2.00 bits per heavy atom. The van der Waals surface area contributed by atoms with E-state index in [1.54, 1.807) is 17.7 Å². The quantitative estimate of drug-likeness (QED) is 0.723. The Kier molecular flexibility index (Phi) is 3.31. The third-order valence-corrected chi connectivity index (χ3v) is 5.01. The lowest BCUT2D eigenvalue weighted by Gasteiger charge is -2.33. The topological polar surface area (TPSA) is 49.6 Å². The highest BCUT2D eigenvalue weighted by atomic mass is 32.1. The highest BCUT2D eigenvalue weighted by Gasteiger charge is 2.20. The Labute approximate surface area is 133 Å². The van der Waals surface area contributed by atoms with Crippen LogP contribution < -0.4 is 4.90 Å². The number of rotatable bonds is 2. The third kappa shape index (κ3) is 2.26. The van der Waals surface area contributed by atoms with Gasteiger partial charge in [-0.25, -0.2) is 4.98 Å². The van der Waals surface area contributed by atoms with E-state index in [1.165, 1.54) is 10.4 Å². The number of aromatic nitrogens is 4. The molecule has 0 radical (unpaired) electrons. The molecule has 1 saturated heterocycles. The maximum absolute atomic E-state index is 4.70. The summed E-state index contributed by atoms with van der Waals surface area (Å²) in [4.78, 5) is 10.6. The van der Waals surface area contributed by atoms with Gasteiger partial charge in [-0.1, -0.05) is 0 Å². The van der Waals surface area contributed by atoms with E-state index in [4.69, 9.17) is 4.98 Å². The van der Waals surface area contributed by atoms with Gasteiger partial charge in [-0.3, -0.25) is 4.40 Å². The lowest BCUT2D eigenvalue weighted by atomic mass is 10.2. The van der Waals surface area contributed by atoms with Crippen molar-refractivity contribution < 1.29 is 0 Å². The maximum atomic E-state index is 4.70. The molecule has 3 aromatic heterocycles. The van der Waals surface area contributed by atoms with E-state index < -0.39 is 0 Å². The van der Waals surface area contributed by atoms with E-state index >= 15 is 0 Å². The van der Waals surface area contributed by atoms with Gasteiger partial charge in [0.2, 0.25) is 5.65 Å². The summed E-state index contributed by atoms with van der Waals surface area (Å²) < 4.78 is 2.04. The van der Waals surface area contributed by atoms with Gasteiger partial charge in [0.05, 0.1) is 11.9 Å². The second kappa shape index (κ2) is 5.33. The fraction of sp³-hybridized carbons (Fsp3) is 0.400. The summed E-state index contributed by atoms with van der Waals surface area (Å²) in [5.41, 5.74) is 3.05. The molecule has 0 aliphatic carbocycles. The van der Waals surface area contributed by atoms with Crippen molar-refractivity contribution in [3.8, 4) is 11.3 Å². The molecule has 4 heterocycles. The van der Waals surface area contributed by atoms with E-state index in [9.17, 15) is 0 Å². The van der Waals surface area contributed by atoms with Crippen molar-refractivity contribution in [2.45, 2.75) is 6.92 Å². The highest BCUT2D eigenvalue weighted by molar-refractivity contribution is 7.10. The monoisotopic (exact) mass is 314 g/mol. The van der Waals surface area contributed by atoms with Crippen molar-refractivity contribution in [3.63, 3.8) is 0 Å². The third-order valence-electron chi connectivity index (χ3n) is 4.15. The van der Waals surface area contributed by atoms with Gasteiger partial charge >= 0.3 is 0 Å². The average Bonchev–Trinajstić information content (AvgIpc) is 3.16. The summed E-state index contributed by atoms with van der Waals surface area (Å²) in [5, 5.41) is 10.6. The van der Waals surface area contributed by atoms with Gasteiger partial charge in [0.25, 0.3) is 0 Å². The van der Waals surface area contributed by atoms with Crippen LogP contribution in [0.3, 0.4) is 0 Å². The first-order chi connectivity index (χ1) is 10.7. The molecule has 0 N–H and O–H groups in total. The first kappa shape index (κ1) is 13.7. The maximum Gasteiger partial charge on any atom is 0.204 e. The minimum Gasteiger partial charge on any atom is -0.351 e. The standard InChI is InChI=1S/C15H18N6S/c1-11-7-12(9-22-11)13-8-16-14(15-18-17-10-21(13)15)20-5-3-19(2)4-6-20/h7-10H,3-6H2,1-2H3. The number of fused-ring (bicyclic) bond motifs is 1. The Balaban J connectivity index is 1.78. The van der Waals surface area contributed by atoms with E-state index in [1.807, 2.05) is 10.6 Å². The van der Waals surface area contributed by atoms with Crippen LogP contribution in [0.25, 0.3) is 16.9 Å². The van der Waals surface area contributed by atoms with Crippen LogP contribution in [0.2, 0.25) is 0 Å². The Morgan fingerprint density at radius 1 is 1.18 bits per heavy atom. The number of thiophene rings is 1. The lowest BCUT2D eigenvalue weighted by molar-refractivity contribution is 0.312. The minimum absolute atomic E-state index is 0.839. The van der Waals surface area contributed by atoms with Crippen LogP contribution in [0.5, 0.6) is 0 Å². The fourth-order valence-corrected chi connectivity index (χ4v) is 3.54. The predicted molar refractivity (Wildman–Crippen MR) is 88.5 cm³/mol. The van der Waals surface area contributed by atoms with Gasteiger partial charge in [0.1, 0.15) is 6.33 Å². The summed E-state index contributed by atoms with van der Waals surface area (Å²) in [7, 11) is 2.15. The average molecular weight is 314 g/mol. The zero-order valence-corrected chi connectivity index (χ0v) is 13.5. The van der Waals surface area contributed by atoms with Gasteiger partial charge < -0.3 is 9.80 Å². The minimum atomic E-state index is 0.839. The first-order valence-electron chi connectivity index (χ1n) is 7.40. The zero-order valence-electron chi connectivity index (χ0n) is 12.7. The van der Waals surface area contributed by atoms with Gasteiger partial charge in [0, 0.05) is 42.0 Å². The van der Waals surface area contributed by atoms with E-state index in [-0.39, 0.29) is 0 Å². The number of aryl methyl sites for hydroxylation is 1. The predicted octanol–water partition coefficient (Wildman–Crippen LogP) is 1.91. The Bertz CT molecular complexity index is 799. The van der Waals surface area contributed by atoms with Crippen molar-refractivity contribution in [3.05, 3.63) is 28.8 Å². The largest absolute Gasteiger partial charge is 0.351 e. The Morgan fingerprint density at radius 3 is 2.73 bits per heavy atom. The van der Waals surface area contributed by atoms with Crippen LogP contribution >= 0.6 is 11.3 Å². The van der Waals surface area contributed by atoms with E-state index in [0.717, 1.165) is 43.3 Å². The molecule has 0 aromatic carbocycles. The molecule has 0 bridgehead atoms. The summed E-state index contributed by atoms with van der Waals surface area (Å²) in [6, 6.07) is 2.18. The summed E-state index contributed by atoms with van der Waals surface area (Å²) in [6.07, 6.45) is 3.71. The molecular weight excluding hydrogens is 296 g/mol. The molecule has 6 nitrogen and oxygen atoms in total. The van der Waals surface area contributed by atoms with Gasteiger partial charge in [0.15, 0.2) is 5.82 Å². The first-order valence-corrected chi connectivity index (χ1v) is 8.28. The highest BCUT2D eigenvalue weighted by Crippen LogP contribution is 2.28. The normalized spacial score (nSPS) is 16.5. The molecule has 4 rings (SSSR count). The second-order valence-electron chi connectivity index (χ2n) is 5.73. The molecule has 7 heteroatoms. The van der Waals surface area contributed by atoms with Crippen molar-refractivity contribution in [2.75, 3.05) is 38.1 Å². The zero-order chi connectivity index (χ0) is 15.1. The van der Waals surface area contributed by atoms with Crippen LogP contribution in [-0.4, -0.2) is 57.7 Å². The molecule has 0 atom stereocenters. The molecule has 0 saturated carbocycles. The Hall–Kier alpha value is -1.99. The van der Waals surface area contributed by atoms with Crippen molar-refractivity contribution in [1.82, 2.24) is 24.5 Å². The number of anilines is 1. The number of hydrogen-bond donors (Lipinski definition) is 0. The number of likely N-dealkylation sites (N-methyl/N-ethyl adjacent to an activating group) is 1. The van der Waals surface area contributed by atoms with Crippen molar-refractivity contribution in [2.24, 2.45) is 0 Å². The SMILES string of the molecule is Cc1cc(-c2cnc(N3CCN(C)CC3)c3nncn23)cs1. The van der Waals surface area contributed by atoms with Gasteiger partial charge in [-0.15, -0.1) is 21.5 Å². The molecular formula is C15H18N6S. The molecule has 22 heavy (non-hydrogen) atoms. The molecule has 1 aliphatic rings. The molecule has 0 unspecified atom stereocenters. The molecule has 1 fully saturated rings. The van der Waals surface area contributed by atoms with Crippen LogP contribution in [0.1, 0.15) is 4.88 Å². The fourth-order valence-electron chi connectivity index (χ4n) is 2.84. The van der Waals surface area contributed by atoms with Crippen molar-refractivity contribution in [1.29, 1.82) is 0 Å². The molecule has 0 spiro atoms. The number of nitrogens with zero attached hydrogens (tertiary/aromatic N) is 6. The summed E-state index contributed by atoms with van der Waals surface area (Å²) >= 11 is 1.75. The molecule has 1 aliphatic heterocycles. The van der Waals surface area contributed by atoms with Crippen LogP contribution in [0.4, 0.5) is 5.82 Å².